The van der Waals surface area contributed by atoms with E-state index in [0.29, 0.717) is 6.04 Å². The van der Waals surface area contributed by atoms with Crippen molar-refractivity contribution in [1.29, 1.82) is 0 Å². The van der Waals surface area contributed by atoms with Crippen LogP contribution < -0.4 is 5.32 Å². The van der Waals surface area contributed by atoms with E-state index in [1.807, 2.05) is 0 Å². The van der Waals surface area contributed by atoms with Crippen molar-refractivity contribution in [2.45, 2.75) is 32.2 Å². The molecule has 0 aromatic carbocycles. The van der Waals surface area contributed by atoms with Gasteiger partial charge in [-0.2, -0.15) is 0 Å². The third-order valence-electron chi connectivity index (χ3n) is 2.46. The van der Waals surface area contributed by atoms with Gasteiger partial charge in [-0.1, -0.05) is 0 Å². The Morgan fingerprint density at radius 1 is 1.50 bits per heavy atom. The lowest BCUT2D eigenvalue weighted by atomic mass is 10.3. The molecular formula is C8H13NO. The number of hydrogen-bond donors (Lipinski definition) is 1. The highest BCUT2D eigenvalue weighted by atomic mass is 16.1. The number of amides is 1. The Morgan fingerprint density at radius 2 is 2.20 bits per heavy atom. The van der Waals surface area contributed by atoms with Crippen LogP contribution in [0.3, 0.4) is 0 Å². The quantitative estimate of drug-likeness (QED) is 0.605. The summed E-state index contributed by atoms with van der Waals surface area (Å²) in [6.45, 7) is 1.60. The number of nitrogens with one attached hydrogen (secondary N) is 1. The van der Waals surface area contributed by atoms with E-state index in [9.17, 15) is 4.79 Å². The van der Waals surface area contributed by atoms with Gasteiger partial charge in [0.15, 0.2) is 0 Å². The molecule has 2 unspecified atom stereocenters. The summed E-state index contributed by atoms with van der Waals surface area (Å²) < 4.78 is 0. The van der Waals surface area contributed by atoms with Gasteiger partial charge in [0.1, 0.15) is 0 Å². The Bertz CT molecular complexity index is 163. The molecule has 2 rings (SSSR count). The van der Waals surface area contributed by atoms with Gasteiger partial charge in [0, 0.05) is 13.0 Å². The fourth-order valence-electron chi connectivity index (χ4n) is 1.69. The van der Waals surface area contributed by atoms with Gasteiger partial charge in [-0.15, -0.1) is 0 Å². The number of carbonyl (C=O) groups excluding carboxylic acids is 1. The van der Waals surface area contributed by atoms with Crippen molar-refractivity contribution in [2.24, 2.45) is 11.8 Å². The van der Waals surface area contributed by atoms with Gasteiger partial charge in [-0.25, -0.2) is 0 Å². The van der Waals surface area contributed by atoms with Gasteiger partial charge < -0.3 is 5.32 Å². The summed E-state index contributed by atoms with van der Waals surface area (Å²) in [7, 11) is 0. The van der Waals surface area contributed by atoms with Gasteiger partial charge in [-0.3, -0.25) is 4.79 Å². The van der Waals surface area contributed by atoms with E-state index in [1.165, 1.54) is 19.3 Å². The van der Waals surface area contributed by atoms with Gasteiger partial charge in [0.05, 0.1) is 0 Å². The molecule has 2 aliphatic carbocycles. The monoisotopic (exact) mass is 139 g/mol. The average molecular weight is 139 g/mol. The molecule has 2 heteroatoms. The van der Waals surface area contributed by atoms with Crippen molar-refractivity contribution in [1.82, 2.24) is 5.32 Å². The molecule has 0 aromatic heterocycles. The third kappa shape index (κ3) is 1.15. The fourth-order valence-corrected chi connectivity index (χ4v) is 1.69. The van der Waals surface area contributed by atoms with E-state index in [0.717, 1.165) is 11.8 Å². The molecule has 0 aliphatic heterocycles. The smallest absolute Gasteiger partial charge is 0.217 e. The summed E-state index contributed by atoms with van der Waals surface area (Å²) in [6.07, 6.45) is 4.05. The Hall–Kier alpha value is -0.530. The van der Waals surface area contributed by atoms with Gasteiger partial charge in [-0.05, 0) is 31.1 Å². The van der Waals surface area contributed by atoms with Crippen molar-refractivity contribution in [3.05, 3.63) is 0 Å². The highest BCUT2D eigenvalue weighted by molar-refractivity contribution is 5.73. The summed E-state index contributed by atoms with van der Waals surface area (Å²) in [6, 6.07) is 0.546. The minimum absolute atomic E-state index is 0.133. The van der Waals surface area contributed by atoms with Crippen molar-refractivity contribution < 1.29 is 4.79 Å². The topological polar surface area (TPSA) is 29.1 Å². The van der Waals surface area contributed by atoms with Crippen LogP contribution in [0.4, 0.5) is 0 Å². The van der Waals surface area contributed by atoms with Gasteiger partial charge in [0.25, 0.3) is 0 Å². The Labute approximate surface area is 61.0 Å². The predicted octanol–water partition coefficient (Wildman–Crippen LogP) is 0.921. The molecule has 0 spiro atoms. The van der Waals surface area contributed by atoms with E-state index >= 15 is 0 Å². The molecule has 0 radical (unpaired) electrons. The zero-order chi connectivity index (χ0) is 7.14. The second-order valence-corrected chi connectivity index (χ2v) is 3.54. The van der Waals surface area contributed by atoms with Crippen molar-refractivity contribution >= 4 is 5.91 Å². The first kappa shape index (κ1) is 6.20. The fraction of sp³-hybridized carbons (Fsp3) is 0.875. The van der Waals surface area contributed by atoms with Crippen LogP contribution in [0.5, 0.6) is 0 Å². The zero-order valence-corrected chi connectivity index (χ0v) is 6.26. The molecule has 1 amide bonds. The molecular weight excluding hydrogens is 126 g/mol. The summed E-state index contributed by atoms with van der Waals surface area (Å²) in [5.74, 6) is 1.95. The molecule has 2 fully saturated rings. The maximum absolute atomic E-state index is 10.6. The molecule has 10 heavy (non-hydrogen) atoms. The average Bonchev–Trinajstić information content (AvgIpc) is 2.49. The van der Waals surface area contributed by atoms with Crippen LogP contribution in [-0.4, -0.2) is 11.9 Å². The first-order chi connectivity index (χ1) is 4.77. The molecule has 1 N–H and O–H groups in total. The number of carbonyl (C=O) groups is 1. The Balaban J connectivity index is 1.73. The van der Waals surface area contributed by atoms with Crippen LogP contribution in [0, 0.1) is 11.8 Å². The van der Waals surface area contributed by atoms with Crippen LogP contribution in [0.15, 0.2) is 0 Å². The summed E-state index contributed by atoms with van der Waals surface area (Å²) in [5, 5.41) is 2.95. The highest BCUT2D eigenvalue weighted by Crippen LogP contribution is 2.49. The lowest BCUT2D eigenvalue weighted by Crippen LogP contribution is -2.23. The normalized spacial score (nSPS) is 37.3. The first-order valence-corrected chi connectivity index (χ1v) is 4.04. The van der Waals surface area contributed by atoms with Crippen LogP contribution in [0.2, 0.25) is 0 Å². The molecule has 0 aromatic rings. The minimum Gasteiger partial charge on any atom is -0.353 e. The largest absolute Gasteiger partial charge is 0.353 e. The standard InChI is InChI=1S/C8H13NO/c1-5(10)9-8-4-7(8)6-2-3-6/h6-8H,2-4H2,1H3,(H,9,10). The second kappa shape index (κ2) is 1.97. The lowest BCUT2D eigenvalue weighted by molar-refractivity contribution is -0.119. The Kier molecular flexibility index (Phi) is 1.22. The van der Waals surface area contributed by atoms with E-state index in [-0.39, 0.29) is 5.91 Å². The van der Waals surface area contributed by atoms with Crippen LogP contribution in [0.25, 0.3) is 0 Å². The van der Waals surface area contributed by atoms with Gasteiger partial charge in [0.2, 0.25) is 5.91 Å². The summed E-state index contributed by atoms with van der Waals surface area (Å²) >= 11 is 0. The van der Waals surface area contributed by atoms with Crippen LogP contribution in [-0.2, 0) is 4.79 Å². The maximum atomic E-state index is 10.6. The van der Waals surface area contributed by atoms with E-state index in [1.54, 1.807) is 6.92 Å². The molecule has 2 saturated carbocycles. The molecule has 0 bridgehead atoms. The second-order valence-electron chi connectivity index (χ2n) is 3.54. The molecule has 0 heterocycles. The van der Waals surface area contributed by atoms with Crippen molar-refractivity contribution in [2.75, 3.05) is 0 Å². The lowest BCUT2D eigenvalue weighted by Gasteiger charge is -1.97. The minimum atomic E-state index is 0.133. The van der Waals surface area contributed by atoms with E-state index in [4.69, 9.17) is 0 Å². The summed E-state index contributed by atoms with van der Waals surface area (Å²) in [5.41, 5.74) is 0. The van der Waals surface area contributed by atoms with E-state index < -0.39 is 0 Å². The van der Waals surface area contributed by atoms with Crippen LogP contribution in [0.1, 0.15) is 26.2 Å². The van der Waals surface area contributed by atoms with Crippen molar-refractivity contribution in [3.8, 4) is 0 Å². The molecule has 56 valence electrons. The molecule has 0 saturated heterocycles. The first-order valence-electron chi connectivity index (χ1n) is 4.04. The predicted molar refractivity (Wildman–Crippen MR) is 38.4 cm³/mol. The maximum Gasteiger partial charge on any atom is 0.217 e. The molecule has 2 atom stereocenters. The number of hydrogen-bond acceptors (Lipinski definition) is 1. The molecule has 2 aliphatic rings. The SMILES string of the molecule is CC(=O)NC1CC1C1CC1. The van der Waals surface area contributed by atoms with Gasteiger partial charge >= 0.3 is 0 Å². The highest BCUT2D eigenvalue weighted by Gasteiger charge is 2.47. The zero-order valence-electron chi connectivity index (χ0n) is 6.26. The molecule has 2 nitrogen and oxygen atoms in total. The van der Waals surface area contributed by atoms with Crippen molar-refractivity contribution in [3.63, 3.8) is 0 Å². The Morgan fingerprint density at radius 3 is 2.70 bits per heavy atom. The third-order valence-corrected chi connectivity index (χ3v) is 2.46. The van der Waals surface area contributed by atoms with E-state index in [2.05, 4.69) is 5.32 Å². The summed E-state index contributed by atoms with van der Waals surface area (Å²) in [4.78, 5) is 10.6. The number of rotatable bonds is 2. The van der Waals surface area contributed by atoms with Crippen LogP contribution >= 0.6 is 0 Å².